The Morgan fingerprint density at radius 1 is 1.17 bits per heavy atom. The number of halogens is 2. The van der Waals surface area contributed by atoms with Gasteiger partial charge in [0.05, 0.1) is 17.8 Å². The molecule has 1 N–H and O–H groups in total. The van der Waals surface area contributed by atoms with E-state index in [1.807, 2.05) is 6.07 Å². The fraction of sp³-hybridized carbons (Fsp3) is 0.273. The second kappa shape index (κ2) is 8.43. The third-order valence-corrected chi connectivity index (χ3v) is 5.10. The van der Waals surface area contributed by atoms with Crippen LogP contribution in [-0.2, 0) is 17.8 Å². The maximum atomic E-state index is 13.8. The van der Waals surface area contributed by atoms with E-state index < -0.39 is 0 Å². The van der Waals surface area contributed by atoms with Crippen LogP contribution in [0.15, 0.2) is 54.6 Å². The van der Waals surface area contributed by atoms with Gasteiger partial charge in [0.25, 0.3) is 0 Å². The molecule has 2 aromatic carbocycles. The number of carbonyl (C=O) groups excluding carboxylic acids is 1. The lowest BCUT2D eigenvalue weighted by atomic mass is 10.1. The highest BCUT2D eigenvalue weighted by molar-refractivity contribution is 5.79. The zero-order valence-corrected chi connectivity index (χ0v) is 15.8. The van der Waals surface area contributed by atoms with Crippen molar-refractivity contribution in [3.05, 3.63) is 83.2 Å². The van der Waals surface area contributed by atoms with E-state index in [9.17, 15) is 13.6 Å². The van der Waals surface area contributed by atoms with E-state index in [2.05, 4.69) is 10.2 Å². The Hall–Kier alpha value is -3.22. The number of aromatic amines is 1. The number of benzene rings is 2. The Balaban J connectivity index is 1.32. The molecule has 1 fully saturated rings. The minimum absolute atomic E-state index is 0.0622. The number of rotatable bonds is 6. The van der Waals surface area contributed by atoms with Gasteiger partial charge in [-0.25, -0.2) is 8.78 Å². The van der Waals surface area contributed by atoms with Crippen molar-refractivity contribution in [3.8, 4) is 5.75 Å². The summed E-state index contributed by atoms with van der Waals surface area (Å²) in [4.78, 5) is 14.3. The third-order valence-electron chi connectivity index (χ3n) is 5.10. The summed E-state index contributed by atoms with van der Waals surface area (Å²) in [6.07, 6.45) is 0.866. The zero-order chi connectivity index (χ0) is 20.2. The molecule has 1 amide bonds. The second-order valence-corrected chi connectivity index (χ2v) is 7.16. The molecular weight excluding hydrogens is 376 g/mol. The molecule has 1 aromatic heterocycles. The number of carbonyl (C=O) groups is 1. The summed E-state index contributed by atoms with van der Waals surface area (Å²) >= 11 is 0. The highest BCUT2D eigenvalue weighted by Crippen LogP contribution is 2.27. The molecule has 2 heterocycles. The van der Waals surface area contributed by atoms with Crippen LogP contribution in [0.2, 0.25) is 0 Å². The van der Waals surface area contributed by atoms with Crippen molar-refractivity contribution < 1.29 is 18.3 Å². The van der Waals surface area contributed by atoms with Gasteiger partial charge in [-0.05, 0) is 36.2 Å². The maximum Gasteiger partial charge on any atom is 0.227 e. The van der Waals surface area contributed by atoms with Crippen LogP contribution < -0.4 is 4.74 Å². The summed E-state index contributed by atoms with van der Waals surface area (Å²) in [5, 5.41) is 7.28. The van der Waals surface area contributed by atoms with Gasteiger partial charge in [-0.15, -0.1) is 0 Å². The number of nitrogens with zero attached hydrogens (tertiary/aromatic N) is 2. The number of nitrogens with one attached hydrogen (secondary N) is 1. The predicted octanol–water partition coefficient (Wildman–Crippen LogP) is 3.83. The van der Waals surface area contributed by atoms with Crippen molar-refractivity contribution in [3.63, 3.8) is 0 Å². The molecule has 5 nitrogen and oxygen atoms in total. The summed E-state index contributed by atoms with van der Waals surface area (Å²) in [5.41, 5.74) is 2.06. The van der Waals surface area contributed by atoms with Crippen molar-refractivity contribution in [2.24, 2.45) is 0 Å². The molecule has 0 saturated carbocycles. The molecule has 29 heavy (non-hydrogen) atoms. The molecule has 1 saturated heterocycles. The van der Waals surface area contributed by atoms with Gasteiger partial charge in [-0.1, -0.05) is 24.3 Å². The topological polar surface area (TPSA) is 58.2 Å². The van der Waals surface area contributed by atoms with Gasteiger partial charge in [0, 0.05) is 25.1 Å². The Kier molecular flexibility index (Phi) is 5.55. The first-order valence-electron chi connectivity index (χ1n) is 9.52. The number of likely N-dealkylation sites (tertiary alicyclic amines) is 1. The summed E-state index contributed by atoms with van der Waals surface area (Å²) in [6.45, 7) is 1.43. The molecule has 1 atom stereocenters. The van der Waals surface area contributed by atoms with E-state index in [4.69, 9.17) is 4.74 Å². The summed E-state index contributed by atoms with van der Waals surface area (Å²) in [5.74, 6) is -0.209. The van der Waals surface area contributed by atoms with Gasteiger partial charge in [-0.2, -0.15) is 5.10 Å². The fourth-order valence-electron chi connectivity index (χ4n) is 3.53. The SMILES string of the molecule is O=C(Cc1ccccc1F)N1CC[C@@H](c2cc(COc3cccc(F)c3)[nH]n2)C1. The molecule has 1 aliphatic rings. The largest absolute Gasteiger partial charge is 0.487 e. The van der Waals surface area contributed by atoms with Crippen LogP contribution in [0, 0.1) is 11.6 Å². The number of hydrogen-bond acceptors (Lipinski definition) is 3. The van der Waals surface area contributed by atoms with Crippen LogP contribution >= 0.6 is 0 Å². The van der Waals surface area contributed by atoms with Crippen molar-refractivity contribution in [1.82, 2.24) is 15.1 Å². The Morgan fingerprint density at radius 2 is 2.03 bits per heavy atom. The van der Waals surface area contributed by atoms with Gasteiger partial charge < -0.3 is 9.64 Å². The van der Waals surface area contributed by atoms with Crippen molar-refractivity contribution in [2.75, 3.05) is 13.1 Å². The first kappa shape index (κ1) is 19.1. The van der Waals surface area contributed by atoms with E-state index in [0.717, 1.165) is 17.8 Å². The lowest BCUT2D eigenvalue weighted by Gasteiger charge is -2.16. The standard InChI is InChI=1S/C22H21F2N3O2/c23-17-5-3-6-19(11-17)29-14-18-12-21(26-25-18)16-8-9-27(13-16)22(28)10-15-4-1-2-7-20(15)24/h1-7,11-12,16H,8-10,13-14H2,(H,25,26)/t16-/m1/s1. The second-order valence-electron chi connectivity index (χ2n) is 7.16. The predicted molar refractivity (Wildman–Crippen MR) is 103 cm³/mol. The Bertz CT molecular complexity index is 1000. The molecule has 0 radical (unpaired) electrons. The van der Waals surface area contributed by atoms with E-state index in [-0.39, 0.29) is 36.5 Å². The highest BCUT2D eigenvalue weighted by atomic mass is 19.1. The van der Waals surface area contributed by atoms with Crippen LogP contribution in [-0.4, -0.2) is 34.1 Å². The molecule has 0 aliphatic carbocycles. The van der Waals surface area contributed by atoms with Gasteiger partial charge >= 0.3 is 0 Å². The van der Waals surface area contributed by atoms with Crippen LogP contribution in [0.25, 0.3) is 0 Å². The Labute approximate surface area is 167 Å². The van der Waals surface area contributed by atoms with Crippen molar-refractivity contribution >= 4 is 5.91 Å². The monoisotopic (exact) mass is 397 g/mol. The van der Waals surface area contributed by atoms with Gasteiger partial charge in [0.15, 0.2) is 0 Å². The van der Waals surface area contributed by atoms with Crippen LogP contribution in [0.1, 0.15) is 29.3 Å². The van der Waals surface area contributed by atoms with E-state index in [1.54, 1.807) is 35.2 Å². The first-order valence-corrected chi connectivity index (χ1v) is 9.52. The lowest BCUT2D eigenvalue weighted by Crippen LogP contribution is -2.30. The first-order chi connectivity index (χ1) is 14.1. The van der Waals surface area contributed by atoms with Crippen LogP contribution in [0.4, 0.5) is 8.78 Å². The number of H-pyrrole nitrogens is 1. The third kappa shape index (κ3) is 4.62. The molecule has 0 spiro atoms. The molecule has 0 unspecified atom stereocenters. The molecule has 1 aliphatic heterocycles. The van der Waals surface area contributed by atoms with Gasteiger partial charge in [0.1, 0.15) is 24.0 Å². The molecule has 3 aromatic rings. The molecule has 150 valence electrons. The van der Waals surface area contributed by atoms with E-state index in [1.165, 1.54) is 18.2 Å². The van der Waals surface area contributed by atoms with Gasteiger partial charge in [0.2, 0.25) is 5.91 Å². The highest BCUT2D eigenvalue weighted by Gasteiger charge is 2.29. The van der Waals surface area contributed by atoms with E-state index >= 15 is 0 Å². The summed E-state index contributed by atoms with van der Waals surface area (Å²) in [6, 6.07) is 14.2. The smallest absolute Gasteiger partial charge is 0.227 e. The minimum Gasteiger partial charge on any atom is -0.487 e. The molecule has 4 rings (SSSR count). The maximum absolute atomic E-state index is 13.8. The Morgan fingerprint density at radius 3 is 2.86 bits per heavy atom. The van der Waals surface area contributed by atoms with E-state index in [0.29, 0.717) is 24.4 Å². The number of aromatic nitrogens is 2. The quantitative estimate of drug-likeness (QED) is 0.688. The minimum atomic E-state index is -0.355. The summed E-state index contributed by atoms with van der Waals surface area (Å²) in [7, 11) is 0. The zero-order valence-electron chi connectivity index (χ0n) is 15.8. The summed E-state index contributed by atoms with van der Waals surface area (Å²) < 4.78 is 32.6. The lowest BCUT2D eigenvalue weighted by molar-refractivity contribution is -0.129. The van der Waals surface area contributed by atoms with Crippen molar-refractivity contribution in [2.45, 2.75) is 25.4 Å². The number of hydrogen-bond donors (Lipinski definition) is 1. The van der Waals surface area contributed by atoms with Crippen LogP contribution in [0.3, 0.4) is 0 Å². The number of amides is 1. The van der Waals surface area contributed by atoms with Crippen molar-refractivity contribution in [1.29, 1.82) is 0 Å². The molecule has 0 bridgehead atoms. The molecular formula is C22H21F2N3O2. The van der Waals surface area contributed by atoms with Crippen LogP contribution in [0.5, 0.6) is 5.75 Å². The normalized spacial score (nSPS) is 16.2. The number of ether oxygens (including phenoxy) is 1. The average Bonchev–Trinajstić information content (AvgIpc) is 3.38. The molecule has 7 heteroatoms. The fourth-order valence-corrected chi connectivity index (χ4v) is 3.53. The van der Waals surface area contributed by atoms with Gasteiger partial charge in [-0.3, -0.25) is 9.89 Å². The average molecular weight is 397 g/mol.